The van der Waals surface area contributed by atoms with Crippen molar-refractivity contribution in [3.63, 3.8) is 0 Å². The first-order chi connectivity index (χ1) is 14.2. The van der Waals surface area contributed by atoms with Crippen molar-refractivity contribution in [2.24, 2.45) is 0 Å². The highest BCUT2D eigenvalue weighted by Gasteiger charge is 2.21. The number of imidazole rings is 1. The number of methoxy groups -OCH3 is 3. The minimum Gasteiger partial charge on any atom is -0.493 e. The minimum atomic E-state index is 0.521. The molecule has 0 unspecified atom stereocenters. The van der Waals surface area contributed by atoms with E-state index < -0.39 is 0 Å². The first-order valence-electron chi connectivity index (χ1n) is 8.51. The minimum absolute atomic E-state index is 0.521. The fourth-order valence-electron chi connectivity index (χ4n) is 2.97. The third kappa shape index (κ3) is 3.37. The Labute approximate surface area is 175 Å². The summed E-state index contributed by atoms with van der Waals surface area (Å²) in [5.41, 5.74) is 2.49. The quantitative estimate of drug-likeness (QED) is 0.327. The molecular weight excluding hydrogens is 408 g/mol. The highest BCUT2D eigenvalue weighted by Crippen LogP contribution is 2.43. The smallest absolute Gasteiger partial charge is 0.214 e. The Morgan fingerprint density at radius 1 is 1.00 bits per heavy atom. The second-order valence-corrected chi connectivity index (χ2v) is 7.57. The van der Waals surface area contributed by atoms with Crippen molar-refractivity contribution in [3.05, 3.63) is 42.5 Å². The van der Waals surface area contributed by atoms with Crippen molar-refractivity contribution in [3.8, 4) is 44.5 Å². The van der Waals surface area contributed by atoms with Gasteiger partial charge in [-0.05, 0) is 12.1 Å². The van der Waals surface area contributed by atoms with Crippen LogP contribution in [0.1, 0.15) is 0 Å². The number of thiocyanates is 1. The van der Waals surface area contributed by atoms with E-state index in [1.54, 1.807) is 25.8 Å². The van der Waals surface area contributed by atoms with Gasteiger partial charge >= 0.3 is 0 Å². The summed E-state index contributed by atoms with van der Waals surface area (Å²) >= 11 is 2.47. The van der Waals surface area contributed by atoms with Crippen LogP contribution in [0, 0.1) is 10.7 Å². The van der Waals surface area contributed by atoms with E-state index in [-0.39, 0.29) is 0 Å². The molecule has 0 saturated carbocycles. The van der Waals surface area contributed by atoms with Gasteiger partial charge < -0.3 is 14.2 Å². The number of thioether (sulfide) groups is 1. The van der Waals surface area contributed by atoms with E-state index in [9.17, 15) is 5.26 Å². The number of hydrogen-bond acceptors (Lipinski definition) is 8. The van der Waals surface area contributed by atoms with E-state index in [1.807, 2.05) is 42.5 Å². The summed E-state index contributed by atoms with van der Waals surface area (Å²) in [5.74, 6) is 1.62. The monoisotopic (exact) mass is 424 g/mol. The van der Waals surface area contributed by atoms with Crippen molar-refractivity contribution < 1.29 is 14.2 Å². The third-order valence-electron chi connectivity index (χ3n) is 4.26. The van der Waals surface area contributed by atoms with Crippen molar-refractivity contribution in [1.82, 2.24) is 14.6 Å². The molecule has 0 radical (unpaired) electrons. The lowest BCUT2D eigenvalue weighted by atomic mass is 10.2. The van der Waals surface area contributed by atoms with Crippen LogP contribution in [0.15, 0.2) is 47.5 Å². The molecule has 0 N–H and O–H groups in total. The maximum Gasteiger partial charge on any atom is 0.214 e. The Kier molecular flexibility index (Phi) is 5.29. The molecular formula is C20H16N4O3S2. The summed E-state index contributed by atoms with van der Waals surface area (Å²) in [7, 11) is 4.71. The van der Waals surface area contributed by atoms with Gasteiger partial charge in [0.25, 0.3) is 0 Å². The van der Waals surface area contributed by atoms with Crippen LogP contribution in [-0.2, 0) is 0 Å². The Bertz CT molecular complexity index is 1190. The highest BCUT2D eigenvalue weighted by atomic mass is 32.2. The predicted molar refractivity (Wildman–Crippen MR) is 113 cm³/mol. The van der Waals surface area contributed by atoms with E-state index >= 15 is 0 Å². The Morgan fingerprint density at radius 3 is 2.28 bits per heavy atom. The zero-order chi connectivity index (χ0) is 20.4. The second kappa shape index (κ2) is 8.03. The molecule has 0 aliphatic carbocycles. The van der Waals surface area contributed by atoms with Crippen LogP contribution in [0.3, 0.4) is 0 Å². The zero-order valence-corrected chi connectivity index (χ0v) is 17.5. The van der Waals surface area contributed by atoms with Gasteiger partial charge in [0.1, 0.15) is 21.1 Å². The van der Waals surface area contributed by atoms with Crippen molar-refractivity contribution in [2.75, 3.05) is 21.3 Å². The van der Waals surface area contributed by atoms with Crippen molar-refractivity contribution in [1.29, 1.82) is 5.26 Å². The predicted octanol–water partition coefficient (Wildman–Crippen LogP) is 4.72. The lowest BCUT2D eigenvalue weighted by molar-refractivity contribution is 0.324. The number of fused-ring (bicyclic) bond motifs is 1. The molecule has 0 aliphatic heterocycles. The SMILES string of the molecule is COc1cc(-c2nn3c(SC#N)c(-c4ccccc4)nc3s2)cc(OC)c1OC. The first-order valence-corrected chi connectivity index (χ1v) is 10.1. The van der Waals surface area contributed by atoms with Gasteiger partial charge in [0.05, 0.1) is 21.3 Å². The van der Waals surface area contributed by atoms with Gasteiger partial charge in [0.15, 0.2) is 11.5 Å². The second-order valence-electron chi connectivity index (χ2n) is 5.84. The number of nitrogens with zero attached hydrogens (tertiary/aromatic N) is 4. The molecule has 29 heavy (non-hydrogen) atoms. The summed E-state index contributed by atoms with van der Waals surface area (Å²) < 4.78 is 18.0. The normalized spacial score (nSPS) is 10.7. The maximum atomic E-state index is 9.29. The average molecular weight is 425 g/mol. The van der Waals surface area contributed by atoms with Gasteiger partial charge in [-0.3, -0.25) is 0 Å². The first kappa shape index (κ1) is 19.1. The number of aromatic nitrogens is 3. The van der Waals surface area contributed by atoms with Crippen LogP contribution in [0.25, 0.3) is 26.8 Å². The van der Waals surface area contributed by atoms with Crippen LogP contribution in [-0.4, -0.2) is 35.9 Å². The molecule has 0 amide bonds. The summed E-state index contributed by atoms with van der Waals surface area (Å²) in [4.78, 5) is 5.43. The van der Waals surface area contributed by atoms with Crippen molar-refractivity contribution >= 4 is 28.1 Å². The average Bonchev–Trinajstić information content (AvgIpc) is 3.32. The van der Waals surface area contributed by atoms with E-state index in [1.165, 1.54) is 11.3 Å². The van der Waals surface area contributed by atoms with Gasteiger partial charge in [-0.25, -0.2) is 4.98 Å². The van der Waals surface area contributed by atoms with Crippen LogP contribution in [0.2, 0.25) is 0 Å². The van der Waals surface area contributed by atoms with Gasteiger partial charge in [-0.2, -0.15) is 14.9 Å². The van der Waals surface area contributed by atoms with E-state index in [4.69, 9.17) is 24.3 Å². The van der Waals surface area contributed by atoms with Crippen LogP contribution >= 0.6 is 23.1 Å². The Balaban J connectivity index is 1.86. The molecule has 4 rings (SSSR count). The lowest BCUT2D eigenvalue weighted by Crippen LogP contribution is -1.96. The van der Waals surface area contributed by atoms with E-state index in [0.29, 0.717) is 27.2 Å². The molecule has 0 bridgehead atoms. The topological polar surface area (TPSA) is 81.7 Å². The molecule has 0 aliphatic rings. The number of nitriles is 1. The number of hydrogen-bond donors (Lipinski definition) is 0. The molecule has 0 saturated heterocycles. The fourth-order valence-corrected chi connectivity index (χ4v) is 4.47. The molecule has 7 nitrogen and oxygen atoms in total. The number of benzene rings is 2. The Hall–Kier alpha value is -3.22. The van der Waals surface area contributed by atoms with Crippen molar-refractivity contribution in [2.45, 2.75) is 5.03 Å². The molecule has 0 atom stereocenters. The zero-order valence-electron chi connectivity index (χ0n) is 15.9. The van der Waals surface area contributed by atoms with Gasteiger partial charge in [0.2, 0.25) is 10.7 Å². The maximum absolute atomic E-state index is 9.29. The highest BCUT2D eigenvalue weighted by molar-refractivity contribution is 8.03. The van der Waals surface area contributed by atoms with Gasteiger partial charge in [-0.1, -0.05) is 41.7 Å². The molecule has 4 aromatic rings. The summed E-state index contributed by atoms with van der Waals surface area (Å²) in [5, 5.41) is 17.5. The third-order valence-corrected chi connectivity index (χ3v) is 5.87. The van der Waals surface area contributed by atoms with Crippen LogP contribution in [0.5, 0.6) is 17.2 Å². The van der Waals surface area contributed by atoms with Crippen LogP contribution in [0.4, 0.5) is 0 Å². The van der Waals surface area contributed by atoms with Gasteiger partial charge in [-0.15, -0.1) is 0 Å². The summed E-state index contributed by atoms with van der Waals surface area (Å²) in [6.07, 6.45) is 0. The molecule has 9 heteroatoms. The largest absolute Gasteiger partial charge is 0.493 e. The molecule has 0 fully saturated rings. The summed E-state index contributed by atoms with van der Waals surface area (Å²) in [6, 6.07) is 13.4. The molecule has 146 valence electrons. The number of rotatable bonds is 6. The molecule has 2 heterocycles. The van der Waals surface area contributed by atoms with Crippen LogP contribution < -0.4 is 14.2 Å². The lowest BCUT2D eigenvalue weighted by Gasteiger charge is -2.13. The molecule has 0 spiro atoms. The summed E-state index contributed by atoms with van der Waals surface area (Å²) in [6.45, 7) is 0. The number of ether oxygens (including phenoxy) is 3. The van der Waals surface area contributed by atoms with E-state index in [2.05, 4.69) is 5.40 Å². The van der Waals surface area contributed by atoms with E-state index in [0.717, 1.165) is 33.6 Å². The van der Waals surface area contributed by atoms with Gasteiger partial charge in [0, 0.05) is 22.9 Å². The Morgan fingerprint density at radius 2 is 1.69 bits per heavy atom. The molecule has 2 aromatic carbocycles. The fraction of sp³-hybridized carbons (Fsp3) is 0.150. The standard InChI is InChI=1S/C20H16N4O3S2/c1-25-14-9-13(10-15(26-2)17(14)27-3)18-23-24-19(28-11-21)16(22-20(24)29-18)12-7-5-4-6-8-12/h4-10H,1-3H3. The molecule has 2 aromatic heterocycles.